The molecule has 202 valence electrons. The van der Waals surface area contributed by atoms with E-state index in [1.807, 2.05) is 55.5 Å². The van der Waals surface area contributed by atoms with Crippen LogP contribution in [-0.2, 0) is 15.1 Å². The zero-order valence-corrected chi connectivity index (χ0v) is 22.1. The highest BCUT2D eigenvalue weighted by Crippen LogP contribution is 2.46. The van der Waals surface area contributed by atoms with Gasteiger partial charge in [-0.2, -0.15) is 0 Å². The van der Waals surface area contributed by atoms with Gasteiger partial charge in [0, 0.05) is 44.2 Å². The summed E-state index contributed by atoms with van der Waals surface area (Å²) < 4.78 is 11.7. The molecule has 0 radical (unpaired) electrons. The van der Waals surface area contributed by atoms with Gasteiger partial charge in [0.25, 0.3) is 0 Å². The Kier molecular flexibility index (Phi) is 9.03. The van der Waals surface area contributed by atoms with Gasteiger partial charge in [0.15, 0.2) is 0 Å². The lowest BCUT2D eigenvalue weighted by molar-refractivity contribution is -0.125. The third kappa shape index (κ3) is 5.91. The lowest BCUT2D eigenvalue weighted by Crippen LogP contribution is -2.56. The molecule has 0 aromatic heterocycles. The van der Waals surface area contributed by atoms with Crippen LogP contribution in [0.3, 0.4) is 0 Å². The van der Waals surface area contributed by atoms with Crippen molar-refractivity contribution in [1.82, 2.24) is 4.90 Å². The maximum atomic E-state index is 12.5. The van der Waals surface area contributed by atoms with Crippen LogP contribution in [0.25, 0.3) is 0 Å². The minimum Gasteiger partial charge on any atom is -0.457 e. The van der Waals surface area contributed by atoms with Crippen molar-refractivity contribution in [3.8, 4) is 11.5 Å². The second-order valence-electron chi connectivity index (χ2n) is 10.9. The number of carbonyl (C=O) groups excluding carboxylic acids is 1. The largest absolute Gasteiger partial charge is 0.457 e. The number of aldehydes is 1. The predicted octanol–water partition coefficient (Wildman–Crippen LogP) is 3.92. The summed E-state index contributed by atoms with van der Waals surface area (Å²) in [6.45, 7) is 3.94. The Hall–Kier alpha value is -2.29. The number of aryl methyl sites for hydroxylation is 1. The molecule has 5 atom stereocenters. The fourth-order valence-electron chi connectivity index (χ4n) is 6.24. The van der Waals surface area contributed by atoms with Crippen molar-refractivity contribution < 1.29 is 24.5 Å². The van der Waals surface area contributed by atoms with E-state index < -0.39 is 23.3 Å². The van der Waals surface area contributed by atoms with Crippen molar-refractivity contribution >= 4 is 6.29 Å². The third-order valence-electron chi connectivity index (χ3n) is 8.42. The number of hydrogen-bond acceptors (Lipinski definition) is 7. The zero-order valence-electron chi connectivity index (χ0n) is 22.1. The Morgan fingerprint density at radius 3 is 2.54 bits per heavy atom. The predicted molar refractivity (Wildman–Crippen MR) is 144 cm³/mol. The minimum absolute atomic E-state index is 0.115. The van der Waals surface area contributed by atoms with Crippen molar-refractivity contribution in [2.75, 3.05) is 26.8 Å². The van der Waals surface area contributed by atoms with Gasteiger partial charge in [-0.05, 0) is 69.7 Å². The zero-order chi connectivity index (χ0) is 26.5. The molecule has 4 rings (SSSR count). The maximum Gasteiger partial charge on any atom is 0.140 e. The first-order valence-electron chi connectivity index (χ1n) is 13.5. The number of nitrogens with two attached hydrogens (primary N) is 1. The van der Waals surface area contributed by atoms with Crippen LogP contribution in [-0.4, -0.2) is 65.9 Å². The average Bonchev–Trinajstić information content (AvgIpc) is 3.22. The molecule has 2 aromatic rings. The van der Waals surface area contributed by atoms with Gasteiger partial charge in [-0.15, -0.1) is 0 Å². The molecule has 1 aliphatic heterocycles. The van der Waals surface area contributed by atoms with Crippen LogP contribution in [0.5, 0.6) is 11.5 Å². The summed E-state index contributed by atoms with van der Waals surface area (Å²) in [4.78, 5) is 14.5. The van der Waals surface area contributed by atoms with E-state index >= 15 is 0 Å². The molecular formula is C30H42N2O5. The highest BCUT2D eigenvalue weighted by Gasteiger charge is 2.51. The van der Waals surface area contributed by atoms with Crippen LogP contribution in [0.2, 0.25) is 0 Å². The molecule has 2 aromatic carbocycles. The third-order valence-corrected chi connectivity index (χ3v) is 8.42. The number of nitrogens with zero attached hydrogens (tertiary/aromatic N) is 1. The summed E-state index contributed by atoms with van der Waals surface area (Å²) in [7, 11) is 1.69. The van der Waals surface area contributed by atoms with E-state index in [1.54, 1.807) is 7.11 Å². The summed E-state index contributed by atoms with van der Waals surface area (Å²) in [5, 5.41) is 22.9. The summed E-state index contributed by atoms with van der Waals surface area (Å²) in [6.07, 6.45) is 4.93. The number of carbonyl (C=O) groups is 1. The maximum absolute atomic E-state index is 12.5. The molecule has 0 amide bonds. The van der Waals surface area contributed by atoms with Crippen molar-refractivity contribution in [2.45, 2.75) is 75.2 Å². The Morgan fingerprint density at radius 1 is 1.14 bits per heavy atom. The molecule has 0 unspecified atom stereocenters. The van der Waals surface area contributed by atoms with Crippen molar-refractivity contribution in [3.05, 3.63) is 59.7 Å². The van der Waals surface area contributed by atoms with Gasteiger partial charge in [-0.1, -0.05) is 36.4 Å². The Balaban J connectivity index is 1.67. The first-order valence-corrected chi connectivity index (χ1v) is 13.5. The number of rotatable bonds is 11. The Bertz CT molecular complexity index is 1040. The van der Waals surface area contributed by atoms with Gasteiger partial charge in [0.2, 0.25) is 0 Å². The number of piperidine rings is 1. The number of aliphatic hydroxyl groups excluding tert-OH is 1. The van der Waals surface area contributed by atoms with Crippen LogP contribution in [0, 0.1) is 12.8 Å². The van der Waals surface area contributed by atoms with E-state index in [4.69, 9.17) is 15.2 Å². The summed E-state index contributed by atoms with van der Waals surface area (Å²) in [6, 6.07) is 15.2. The lowest BCUT2D eigenvalue weighted by atomic mass is 9.73. The number of para-hydroxylation sites is 2. The average molecular weight is 511 g/mol. The molecule has 2 fully saturated rings. The van der Waals surface area contributed by atoms with E-state index in [0.717, 1.165) is 55.4 Å². The fraction of sp³-hybridized carbons (Fsp3) is 0.567. The number of hydrogen-bond donors (Lipinski definition) is 3. The van der Waals surface area contributed by atoms with Crippen molar-refractivity contribution in [2.24, 2.45) is 11.7 Å². The fourth-order valence-corrected chi connectivity index (χ4v) is 6.24. The number of likely N-dealkylation sites (tertiary alicyclic amines) is 1. The topological polar surface area (TPSA) is 105 Å². The first kappa shape index (κ1) is 27.7. The van der Waals surface area contributed by atoms with Crippen LogP contribution >= 0.6 is 0 Å². The normalized spacial score (nSPS) is 28.1. The second-order valence-corrected chi connectivity index (χ2v) is 10.9. The van der Waals surface area contributed by atoms with E-state index in [2.05, 4.69) is 4.90 Å². The Labute approximate surface area is 220 Å². The Morgan fingerprint density at radius 2 is 1.86 bits per heavy atom. The highest BCUT2D eigenvalue weighted by molar-refractivity contribution is 5.65. The van der Waals surface area contributed by atoms with Crippen molar-refractivity contribution in [1.29, 1.82) is 0 Å². The van der Waals surface area contributed by atoms with Gasteiger partial charge in [-0.25, -0.2) is 0 Å². The second kappa shape index (κ2) is 12.0. The highest BCUT2D eigenvalue weighted by atomic mass is 16.5. The van der Waals surface area contributed by atoms with E-state index in [-0.39, 0.29) is 5.92 Å². The summed E-state index contributed by atoms with van der Waals surface area (Å²) in [5.74, 6) is 1.29. The quantitative estimate of drug-likeness (QED) is 0.311. The minimum atomic E-state index is -1.16. The molecule has 7 nitrogen and oxygen atoms in total. The monoisotopic (exact) mass is 510 g/mol. The van der Waals surface area contributed by atoms with Crippen LogP contribution in [0.15, 0.2) is 48.5 Å². The number of methoxy groups -OCH3 is 1. The van der Waals surface area contributed by atoms with E-state index in [1.165, 1.54) is 0 Å². The van der Waals surface area contributed by atoms with E-state index in [0.29, 0.717) is 38.2 Å². The standard InChI is InChI=1S/C30H42N2O5/c1-22-10-3-5-13-27(22)37-28-14-6-4-12-24(28)30(35,15-7-8-17-36-2)23-11-9-16-32(20-23)29(21-33)18-25(31)26(34)19-29/h3-6,10,12-14,21,23,25-26,34-35H,7-9,11,15-20,31H2,1-2H3/t23-,25-,26+,29+,30+/m1/s1. The van der Waals surface area contributed by atoms with Gasteiger partial charge in [0.1, 0.15) is 17.8 Å². The summed E-state index contributed by atoms with van der Waals surface area (Å²) >= 11 is 0. The van der Waals surface area contributed by atoms with Gasteiger partial charge in [-0.3, -0.25) is 4.90 Å². The molecule has 0 bridgehead atoms. The molecule has 1 saturated carbocycles. The molecule has 0 spiro atoms. The molecule has 4 N–H and O–H groups in total. The van der Waals surface area contributed by atoms with E-state index in [9.17, 15) is 15.0 Å². The molecular weight excluding hydrogens is 468 g/mol. The van der Waals surface area contributed by atoms with Crippen molar-refractivity contribution in [3.63, 3.8) is 0 Å². The van der Waals surface area contributed by atoms with Gasteiger partial charge < -0.3 is 30.2 Å². The number of aliphatic hydroxyl groups is 2. The molecule has 2 aliphatic rings. The number of unbranched alkanes of at least 4 members (excludes halogenated alkanes) is 1. The molecule has 7 heteroatoms. The number of benzene rings is 2. The van der Waals surface area contributed by atoms with Gasteiger partial charge in [0.05, 0.1) is 17.2 Å². The SMILES string of the molecule is COCCCC[C@@](O)(c1ccccc1Oc1ccccc1C)[C@@H]1CCCN([C@@]2(C=O)C[C@@H](N)[C@@H](O)C2)C1. The molecule has 37 heavy (non-hydrogen) atoms. The molecule has 1 heterocycles. The number of ether oxygens (including phenoxy) is 2. The smallest absolute Gasteiger partial charge is 0.140 e. The van der Waals surface area contributed by atoms with Crippen LogP contribution in [0.1, 0.15) is 56.1 Å². The van der Waals surface area contributed by atoms with Crippen LogP contribution < -0.4 is 10.5 Å². The first-order chi connectivity index (χ1) is 17.8. The molecule has 1 aliphatic carbocycles. The van der Waals surface area contributed by atoms with Gasteiger partial charge >= 0.3 is 0 Å². The lowest BCUT2D eigenvalue weighted by Gasteiger charge is -2.47. The summed E-state index contributed by atoms with van der Waals surface area (Å²) in [5.41, 5.74) is 5.98. The van der Waals surface area contributed by atoms with Crippen LogP contribution in [0.4, 0.5) is 0 Å². The molecule has 1 saturated heterocycles.